The fraction of sp³-hybridized carbons (Fsp3) is 0.600. The van der Waals surface area contributed by atoms with Gasteiger partial charge in [0.15, 0.2) is 0 Å². The molecule has 1 aromatic heterocycles. The Bertz CT molecular complexity index is 313. The van der Waals surface area contributed by atoms with Crippen molar-refractivity contribution in [2.75, 3.05) is 18.0 Å². The largest absolute Gasteiger partial charge is 0.370 e. The first-order valence-corrected chi connectivity index (χ1v) is 5.05. The molecule has 0 atom stereocenters. The number of aromatic nitrogens is 2. The number of hydrogen-bond acceptors (Lipinski definition) is 4. The van der Waals surface area contributed by atoms with Gasteiger partial charge in [0.1, 0.15) is 0 Å². The van der Waals surface area contributed by atoms with Crippen LogP contribution in [0.3, 0.4) is 0 Å². The van der Waals surface area contributed by atoms with E-state index in [-0.39, 0.29) is 24.8 Å². The van der Waals surface area contributed by atoms with E-state index in [0.29, 0.717) is 6.04 Å². The zero-order valence-electron chi connectivity index (χ0n) is 9.30. The van der Waals surface area contributed by atoms with Crippen molar-refractivity contribution in [3.63, 3.8) is 0 Å². The molecule has 0 unspecified atom stereocenters. The van der Waals surface area contributed by atoms with Crippen molar-refractivity contribution in [1.29, 1.82) is 0 Å². The summed E-state index contributed by atoms with van der Waals surface area (Å²) in [5.41, 5.74) is 7.99. The maximum Gasteiger partial charge on any atom is 0.0730 e. The molecule has 2 rings (SSSR count). The summed E-state index contributed by atoms with van der Waals surface area (Å²) in [6.07, 6.45) is 3.96. The number of hydrogen-bond donors (Lipinski definition) is 1. The smallest absolute Gasteiger partial charge is 0.0730 e. The monoisotopic (exact) mass is 264 g/mol. The van der Waals surface area contributed by atoms with E-state index in [1.807, 2.05) is 13.1 Å². The van der Waals surface area contributed by atoms with Gasteiger partial charge >= 0.3 is 0 Å². The molecule has 0 amide bonds. The van der Waals surface area contributed by atoms with E-state index < -0.39 is 0 Å². The lowest BCUT2D eigenvalue weighted by Gasteiger charge is -2.31. The van der Waals surface area contributed by atoms with Crippen LogP contribution in [0.15, 0.2) is 12.3 Å². The van der Waals surface area contributed by atoms with Gasteiger partial charge in [-0.1, -0.05) is 0 Å². The van der Waals surface area contributed by atoms with Crippen LogP contribution in [-0.2, 0) is 0 Å². The highest BCUT2D eigenvalue weighted by Gasteiger charge is 2.16. The van der Waals surface area contributed by atoms with Crippen LogP contribution in [0, 0.1) is 6.92 Å². The van der Waals surface area contributed by atoms with Crippen LogP contribution < -0.4 is 10.6 Å². The summed E-state index contributed by atoms with van der Waals surface area (Å²) < 4.78 is 0. The average Bonchev–Trinajstić information content (AvgIpc) is 2.19. The van der Waals surface area contributed by atoms with E-state index in [2.05, 4.69) is 21.2 Å². The van der Waals surface area contributed by atoms with Gasteiger partial charge in [-0.2, -0.15) is 10.2 Å². The highest BCUT2D eigenvalue weighted by molar-refractivity contribution is 5.85. The van der Waals surface area contributed by atoms with Crippen molar-refractivity contribution < 1.29 is 0 Å². The van der Waals surface area contributed by atoms with E-state index in [1.54, 1.807) is 0 Å². The third kappa shape index (κ3) is 3.77. The van der Waals surface area contributed by atoms with Gasteiger partial charge in [-0.25, -0.2) is 0 Å². The second kappa shape index (κ2) is 6.89. The van der Waals surface area contributed by atoms with Gasteiger partial charge in [-0.05, 0) is 25.8 Å². The molecular weight excluding hydrogens is 247 g/mol. The van der Waals surface area contributed by atoms with Crippen molar-refractivity contribution >= 4 is 30.5 Å². The summed E-state index contributed by atoms with van der Waals surface area (Å²) in [7, 11) is 0. The summed E-state index contributed by atoms with van der Waals surface area (Å²) in [6, 6.07) is 2.45. The zero-order valence-corrected chi connectivity index (χ0v) is 10.9. The summed E-state index contributed by atoms with van der Waals surface area (Å²) in [5, 5.41) is 7.90. The predicted octanol–water partition coefficient (Wildman–Crippen LogP) is 1.56. The number of nitrogens with two attached hydrogens (primary N) is 1. The quantitative estimate of drug-likeness (QED) is 0.837. The summed E-state index contributed by atoms with van der Waals surface area (Å²) in [4.78, 5) is 2.32. The molecule has 4 nitrogen and oxygen atoms in total. The lowest BCUT2D eigenvalue weighted by Crippen LogP contribution is -2.39. The molecule has 92 valence electrons. The standard InChI is InChI=1S/C10H16N4.2ClH/c1-8-6-10(7-12-13-8)14-4-2-9(11)3-5-14;;/h6-7,9H,2-5,11H2,1H3;2*1H. The predicted molar refractivity (Wildman–Crippen MR) is 70.7 cm³/mol. The van der Waals surface area contributed by atoms with Gasteiger partial charge in [0, 0.05) is 19.1 Å². The highest BCUT2D eigenvalue weighted by Crippen LogP contribution is 2.18. The average molecular weight is 265 g/mol. The molecule has 6 heteroatoms. The fourth-order valence-corrected chi connectivity index (χ4v) is 1.79. The zero-order chi connectivity index (χ0) is 9.97. The van der Waals surface area contributed by atoms with Gasteiger partial charge in [0.25, 0.3) is 0 Å². The SMILES string of the molecule is Cc1cc(N2CCC(N)CC2)cnn1.Cl.Cl. The Balaban J connectivity index is 0.00000112. The Morgan fingerprint density at radius 1 is 1.31 bits per heavy atom. The second-order valence-corrected chi connectivity index (χ2v) is 3.88. The molecule has 16 heavy (non-hydrogen) atoms. The first-order chi connectivity index (χ1) is 6.75. The molecule has 1 fully saturated rings. The van der Waals surface area contributed by atoms with Crippen LogP contribution in [0.2, 0.25) is 0 Å². The number of nitrogens with zero attached hydrogens (tertiary/aromatic N) is 3. The molecule has 1 saturated heterocycles. The van der Waals surface area contributed by atoms with Crippen LogP contribution in [0.25, 0.3) is 0 Å². The number of piperidine rings is 1. The Morgan fingerprint density at radius 3 is 2.50 bits per heavy atom. The molecule has 0 bridgehead atoms. The Hall–Kier alpha value is -0.580. The van der Waals surface area contributed by atoms with Crippen molar-refractivity contribution in [1.82, 2.24) is 10.2 Å². The van der Waals surface area contributed by atoms with Gasteiger partial charge in [-0.3, -0.25) is 0 Å². The third-order valence-electron chi connectivity index (χ3n) is 2.67. The maximum atomic E-state index is 5.85. The summed E-state index contributed by atoms with van der Waals surface area (Å²) in [5.74, 6) is 0. The molecule has 1 aliphatic heterocycles. The van der Waals surface area contributed by atoms with Gasteiger partial charge in [0.2, 0.25) is 0 Å². The van der Waals surface area contributed by atoms with Crippen LogP contribution >= 0.6 is 24.8 Å². The van der Waals surface area contributed by atoms with E-state index in [4.69, 9.17) is 5.73 Å². The van der Waals surface area contributed by atoms with Crippen molar-refractivity contribution in [2.45, 2.75) is 25.8 Å². The highest BCUT2D eigenvalue weighted by atomic mass is 35.5. The molecule has 2 N–H and O–H groups in total. The van der Waals surface area contributed by atoms with Gasteiger partial charge < -0.3 is 10.6 Å². The van der Waals surface area contributed by atoms with Crippen molar-refractivity contribution in [3.8, 4) is 0 Å². The Labute approximate surface area is 108 Å². The molecule has 1 aliphatic rings. The topological polar surface area (TPSA) is 55.0 Å². The number of halogens is 2. The minimum Gasteiger partial charge on any atom is -0.370 e. The van der Waals surface area contributed by atoms with Crippen LogP contribution in [-0.4, -0.2) is 29.3 Å². The van der Waals surface area contributed by atoms with Gasteiger partial charge in [0.05, 0.1) is 17.6 Å². The number of aryl methyl sites for hydroxylation is 1. The minimum absolute atomic E-state index is 0. The summed E-state index contributed by atoms with van der Waals surface area (Å²) >= 11 is 0. The minimum atomic E-state index is 0. The lowest BCUT2D eigenvalue weighted by atomic mass is 10.1. The Morgan fingerprint density at radius 2 is 1.94 bits per heavy atom. The maximum absolute atomic E-state index is 5.85. The van der Waals surface area contributed by atoms with Crippen molar-refractivity contribution in [2.24, 2.45) is 5.73 Å². The van der Waals surface area contributed by atoms with E-state index in [1.165, 1.54) is 5.69 Å². The van der Waals surface area contributed by atoms with E-state index in [9.17, 15) is 0 Å². The molecule has 0 aromatic carbocycles. The van der Waals surface area contributed by atoms with Crippen LogP contribution in [0.1, 0.15) is 18.5 Å². The molecule has 0 radical (unpaired) electrons. The molecular formula is C10H18Cl2N4. The molecule has 0 aliphatic carbocycles. The third-order valence-corrected chi connectivity index (χ3v) is 2.67. The fourth-order valence-electron chi connectivity index (χ4n) is 1.79. The first kappa shape index (κ1) is 15.4. The molecule has 0 spiro atoms. The molecule has 2 heterocycles. The summed E-state index contributed by atoms with van der Waals surface area (Å²) in [6.45, 7) is 4.03. The van der Waals surface area contributed by atoms with Crippen LogP contribution in [0.5, 0.6) is 0 Å². The normalized spacial score (nSPS) is 16.2. The van der Waals surface area contributed by atoms with Crippen molar-refractivity contribution in [3.05, 3.63) is 18.0 Å². The number of rotatable bonds is 1. The van der Waals surface area contributed by atoms with Gasteiger partial charge in [-0.15, -0.1) is 24.8 Å². The molecule has 1 aromatic rings. The van der Waals surface area contributed by atoms with E-state index >= 15 is 0 Å². The molecule has 0 saturated carbocycles. The Kier molecular flexibility index (Phi) is 6.64. The van der Waals surface area contributed by atoms with E-state index in [0.717, 1.165) is 31.6 Å². The lowest BCUT2D eigenvalue weighted by molar-refractivity contribution is 0.500. The second-order valence-electron chi connectivity index (χ2n) is 3.88. The number of anilines is 1. The van der Waals surface area contributed by atoms with Crippen LogP contribution in [0.4, 0.5) is 5.69 Å². The first-order valence-electron chi connectivity index (χ1n) is 5.05.